The topological polar surface area (TPSA) is 38.7 Å². The lowest BCUT2D eigenvalue weighted by molar-refractivity contribution is -0.131. The second-order valence-electron chi connectivity index (χ2n) is 4.18. The fourth-order valence-corrected chi connectivity index (χ4v) is 1.92. The molecule has 16 heavy (non-hydrogen) atoms. The highest BCUT2D eigenvalue weighted by molar-refractivity contribution is 5.26. The van der Waals surface area contributed by atoms with Gasteiger partial charge in [0.25, 0.3) is 0 Å². The first-order valence-corrected chi connectivity index (χ1v) is 5.69. The van der Waals surface area contributed by atoms with E-state index in [1.54, 1.807) is 0 Å². The molecule has 1 N–H and O–H groups in total. The van der Waals surface area contributed by atoms with Crippen LogP contribution in [-0.2, 0) is 15.9 Å². The van der Waals surface area contributed by atoms with Crippen LogP contribution in [0.25, 0.3) is 0 Å². The van der Waals surface area contributed by atoms with Crippen molar-refractivity contribution in [3.05, 3.63) is 35.4 Å². The molecular weight excluding hydrogens is 204 g/mol. The number of aliphatic hydroxyl groups excluding tert-OH is 1. The molecule has 1 heterocycles. The van der Waals surface area contributed by atoms with Gasteiger partial charge in [0.1, 0.15) is 6.10 Å². The average molecular weight is 222 g/mol. The van der Waals surface area contributed by atoms with Crippen LogP contribution in [0, 0.1) is 6.92 Å². The van der Waals surface area contributed by atoms with Gasteiger partial charge in [-0.2, -0.15) is 0 Å². The molecule has 2 unspecified atom stereocenters. The Morgan fingerprint density at radius 2 is 2.19 bits per heavy atom. The molecule has 0 radical (unpaired) electrons. The number of hydrogen-bond acceptors (Lipinski definition) is 3. The van der Waals surface area contributed by atoms with E-state index in [2.05, 4.69) is 13.0 Å². The van der Waals surface area contributed by atoms with Crippen LogP contribution in [-0.4, -0.2) is 37.1 Å². The summed E-state index contributed by atoms with van der Waals surface area (Å²) in [6.07, 6.45) is -0.0458. The Balaban J connectivity index is 1.96. The molecule has 1 aromatic carbocycles. The van der Waals surface area contributed by atoms with E-state index in [1.807, 2.05) is 18.2 Å². The summed E-state index contributed by atoms with van der Waals surface area (Å²) in [5.41, 5.74) is 2.38. The Morgan fingerprint density at radius 3 is 2.88 bits per heavy atom. The van der Waals surface area contributed by atoms with Crippen LogP contribution < -0.4 is 0 Å². The van der Waals surface area contributed by atoms with Gasteiger partial charge in [0.2, 0.25) is 0 Å². The molecule has 3 heteroatoms. The molecule has 2 rings (SSSR count). The van der Waals surface area contributed by atoms with Crippen molar-refractivity contribution in [3.63, 3.8) is 0 Å². The Hall–Kier alpha value is -0.900. The van der Waals surface area contributed by atoms with E-state index in [1.165, 1.54) is 11.1 Å². The number of rotatable bonds is 3. The second kappa shape index (κ2) is 5.43. The SMILES string of the molecule is Cc1ccccc1CC(O)C1COCCO1. The van der Waals surface area contributed by atoms with Gasteiger partial charge in [-0.05, 0) is 18.1 Å². The molecule has 0 saturated carbocycles. The van der Waals surface area contributed by atoms with E-state index >= 15 is 0 Å². The predicted molar refractivity (Wildman–Crippen MR) is 61.4 cm³/mol. The van der Waals surface area contributed by atoms with E-state index < -0.39 is 6.10 Å². The molecule has 0 aromatic heterocycles. The van der Waals surface area contributed by atoms with Gasteiger partial charge in [0, 0.05) is 6.42 Å². The molecule has 3 nitrogen and oxygen atoms in total. The number of hydrogen-bond donors (Lipinski definition) is 1. The third-order valence-corrected chi connectivity index (χ3v) is 2.96. The lowest BCUT2D eigenvalue weighted by Gasteiger charge is -2.27. The Morgan fingerprint density at radius 1 is 1.38 bits per heavy atom. The highest BCUT2D eigenvalue weighted by atomic mass is 16.6. The largest absolute Gasteiger partial charge is 0.390 e. The van der Waals surface area contributed by atoms with Gasteiger partial charge in [0.15, 0.2) is 0 Å². The summed E-state index contributed by atoms with van der Waals surface area (Å²) >= 11 is 0. The van der Waals surface area contributed by atoms with Crippen LogP contribution in [0.5, 0.6) is 0 Å². The monoisotopic (exact) mass is 222 g/mol. The maximum absolute atomic E-state index is 10.0. The van der Waals surface area contributed by atoms with Crippen molar-refractivity contribution in [2.75, 3.05) is 19.8 Å². The smallest absolute Gasteiger partial charge is 0.107 e. The van der Waals surface area contributed by atoms with Gasteiger partial charge in [-0.15, -0.1) is 0 Å². The van der Waals surface area contributed by atoms with Gasteiger partial charge in [-0.25, -0.2) is 0 Å². The zero-order valence-electron chi connectivity index (χ0n) is 9.56. The van der Waals surface area contributed by atoms with Crippen molar-refractivity contribution in [2.45, 2.75) is 25.6 Å². The average Bonchev–Trinajstić information content (AvgIpc) is 2.33. The van der Waals surface area contributed by atoms with Crippen LogP contribution >= 0.6 is 0 Å². The molecule has 0 spiro atoms. The summed E-state index contributed by atoms with van der Waals surface area (Å²) < 4.78 is 10.8. The normalized spacial score (nSPS) is 23.0. The summed E-state index contributed by atoms with van der Waals surface area (Å²) in [6.45, 7) is 3.76. The summed E-state index contributed by atoms with van der Waals surface area (Å²) in [4.78, 5) is 0. The molecule has 1 aliphatic rings. The van der Waals surface area contributed by atoms with Crippen LogP contribution in [0.1, 0.15) is 11.1 Å². The van der Waals surface area contributed by atoms with Gasteiger partial charge >= 0.3 is 0 Å². The first kappa shape index (κ1) is 11.6. The first-order valence-electron chi connectivity index (χ1n) is 5.69. The maximum atomic E-state index is 10.0. The number of ether oxygens (including phenoxy) is 2. The van der Waals surface area contributed by atoms with Gasteiger partial charge in [-0.3, -0.25) is 0 Å². The molecule has 1 fully saturated rings. The third kappa shape index (κ3) is 2.82. The standard InChI is InChI=1S/C13H18O3/c1-10-4-2-3-5-11(10)8-12(14)13-9-15-6-7-16-13/h2-5,12-14H,6-9H2,1H3. The van der Waals surface area contributed by atoms with Gasteiger partial charge in [0.05, 0.1) is 25.9 Å². The van der Waals surface area contributed by atoms with Crippen LogP contribution in [0.4, 0.5) is 0 Å². The fraction of sp³-hybridized carbons (Fsp3) is 0.538. The quantitative estimate of drug-likeness (QED) is 0.838. The minimum atomic E-state index is -0.485. The third-order valence-electron chi connectivity index (χ3n) is 2.96. The van der Waals surface area contributed by atoms with E-state index in [4.69, 9.17) is 9.47 Å². The summed E-state index contributed by atoms with van der Waals surface area (Å²) in [6, 6.07) is 8.10. The first-order chi connectivity index (χ1) is 7.77. The van der Waals surface area contributed by atoms with E-state index in [-0.39, 0.29) is 6.10 Å². The van der Waals surface area contributed by atoms with Crippen molar-refractivity contribution in [2.24, 2.45) is 0 Å². The van der Waals surface area contributed by atoms with E-state index in [9.17, 15) is 5.11 Å². The van der Waals surface area contributed by atoms with Crippen LogP contribution in [0.15, 0.2) is 24.3 Å². The van der Waals surface area contributed by atoms with Crippen molar-refractivity contribution >= 4 is 0 Å². The fourth-order valence-electron chi connectivity index (χ4n) is 1.92. The summed E-state index contributed by atoms with van der Waals surface area (Å²) in [7, 11) is 0. The molecule has 1 saturated heterocycles. The molecular formula is C13H18O3. The zero-order valence-corrected chi connectivity index (χ0v) is 9.56. The highest BCUT2D eigenvalue weighted by Gasteiger charge is 2.23. The lowest BCUT2D eigenvalue weighted by atomic mass is 10.00. The van der Waals surface area contributed by atoms with Crippen LogP contribution in [0.2, 0.25) is 0 Å². The molecule has 0 aliphatic carbocycles. The predicted octanol–water partition coefficient (Wildman–Crippen LogP) is 1.31. The van der Waals surface area contributed by atoms with Gasteiger partial charge < -0.3 is 14.6 Å². The summed E-state index contributed by atoms with van der Waals surface area (Å²) in [5, 5.41) is 10.0. The summed E-state index contributed by atoms with van der Waals surface area (Å²) in [5.74, 6) is 0. The maximum Gasteiger partial charge on any atom is 0.107 e. The van der Waals surface area contributed by atoms with Crippen molar-refractivity contribution in [3.8, 4) is 0 Å². The zero-order chi connectivity index (χ0) is 11.4. The molecule has 2 atom stereocenters. The van der Waals surface area contributed by atoms with Crippen molar-refractivity contribution in [1.29, 1.82) is 0 Å². The number of aryl methyl sites for hydroxylation is 1. The highest BCUT2D eigenvalue weighted by Crippen LogP contribution is 2.14. The van der Waals surface area contributed by atoms with Crippen LogP contribution in [0.3, 0.4) is 0 Å². The van der Waals surface area contributed by atoms with Crippen molar-refractivity contribution < 1.29 is 14.6 Å². The Kier molecular flexibility index (Phi) is 3.93. The van der Waals surface area contributed by atoms with E-state index in [0.717, 1.165) is 0 Å². The molecule has 1 aliphatic heterocycles. The minimum absolute atomic E-state index is 0.187. The second-order valence-corrected chi connectivity index (χ2v) is 4.18. The van der Waals surface area contributed by atoms with E-state index in [0.29, 0.717) is 26.2 Å². The number of aliphatic hydroxyl groups is 1. The lowest BCUT2D eigenvalue weighted by Crippen LogP contribution is -2.39. The number of benzene rings is 1. The van der Waals surface area contributed by atoms with Gasteiger partial charge in [-0.1, -0.05) is 24.3 Å². The molecule has 0 bridgehead atoms. The minimum Gasteiger partial charge on any atom is -0.390 e. The Bertz CT molecular complexity index is 332. The molecule has 88 valence electrons. The molecule has 0 amide bonds. The van der Waals surface area contributed by atoms with Crippen molar-refractivity contribution in [1.82, 2.24) is 0 Å². The molecule has 1 aromatic rings. The Labute approximate surface area is 96.0 Å².